The van der Waals surface area contributed by atoms with Crippen molar-refractivity contribution < 1.29 is 9.90 Å². The summed E-state index contributed by atoms with van der Waals surface area (Å²) in [5.41, 5.74) is 0.821. The lowest BCUT2D eigenvalue weighted by Gasteiger charge is -2.11. The highest BCUT2D eigenvalue weighted by atomic mass is 16.3. The predicted octanol–water partition coefficient (Wildman–Crippen LogP) is 2.24. The Hall–Kier alpha value is -1.51. The quantitative estimate of drug-likeness (QED) is 0.801. The maximum Gasteiger partial charge on any atom is 0.220 e. The van der Waals surface area contributed by atoms with Gasteiger partial charge in [-0.05, 0) is 31.4 Å². The normalized spacial score (nSPS) is 12.1. The maximum absolute atomic E-state index is 11.5. The molecule has 0 aliphatic carbocycles. The monoisotopic (exact) mass is 221 g/mol. The van der Waals surface area contributed by atoms with E-state index >= 15 is 0 Å². The van der Waals surface area contributed by atoms with Gasteiger partial charge in [0.05, 0.1) is 0 Å². The van der Waals surface area contributed by atoms with Gasteiger partial charge in [-0.3, -0.25) is 4.79 Å². The Bertz CT molecular complexity index is 350. The molecule has 1 aromatic rings. The summed E-state index contributed by atoms with van der Waals surface area (Å²) in [7, 11) is 0. The van der Waals surface area contributed by atoms with E-state index in [1.54, 1.807) is 12.1 Å². The van der Waals surface area contributed by atoms with Gasteiger partial charge in [-0.25, -0.2) is 0 Å². The summed E-state index contributed by atoms with van der Waals surface area (Å²) in [5.74, 6) is 0.302. The van der Waals surface area contributed by atoms with Crippen LogP contribution in [-0.4, -0.2) is 17.1 Å². The van der Waals surface area contributed by atoms with E-state index in [4.69, 9.17) is 0 Å². The van der Waals surface area contributed by atoms with Gasteiger partial charge < -0.3 is 10.4 Å². The summed E-state index contributed by atoms with van der Waals surface area (Å²) in [5, 5.41) is 12.4. The van der Waals surface area contributed by atoms with E-state index in [1.807, 2.05) is 26.0 Å². The number of hydrogen-bond donors (Lipinski definition) is 2. The van der Waals surface area contributed by atoms with Crippen LogP contribution >= 0.6 is 0 Å². The zero-order valence-electron chi connectivity index (χ0n) is 9.86. The molecule has 0 fully saturated rings. The van der Waals surface area contributed by atoms with Gasteiger partial charge in [0.25, 0.3) is 0 Å². The molecule has 1 unspecified atom stereocenters. The number of carbonyl (C=O) groups excluding carboxylic acids is 1. The second-order valence-electron chi connectivity index (χ2n) is 4.01. The lowest BCUT2D eigenvalue weighted by atomic mass is 10.1. The summed E-state index contributed by atoms with van der Waals surface area (Å²) in [4.78, 5) is 11.5. The number of benzene rings is 1. The van der Waals surface area contributed by atoms with Crippen LogP contribution in [-0.2, 0) is 11.2 Å². The van der Waals surface area contributed by atoms with Gasteiger partial charge >= 0.3 is 0 Å². The minimum atomic E-state index is 0.0394. The highest BCUT2D eigenvalue weighted by Gasteiger charge is 2.07. The molecular formula is C13H19NO2. The summed E-state index contributed by atoms with van der Waals surface area (Å²) in [6, 6.07) is 7.34. The summed E-state index contributed by atoms with van der Waals surface area (Å²) < 4.78 is 0. The van der Waals surface area contributed by atoms with Crippen molar-refractivity contribution in [3.63, 3.8) is 0 Å². The molecule has 0 radical (unpaired) electrons. The van der Waals surface area contributed by atoms with Crippen LogP contribution in [0.4, 0.5) is 0 Å². The Balaban J connectivity index is 2.40. The molecule has 16 heavy (non-hydrogen) atoms. The molecule has 0 heterocycles. The van der Waals surface area contributed by atoms with E-state index in [2.05, 4.69) is 5.32 Å². The van der Waals surface area contributed by atoms with Gasteiger partial charge in [-0.1, -0.05) is 25.1 Å². The first-order valence-corrected chi connectivity index (χ1v) is 5.69. The van der Waals surface area contributed by atoms with Crippen LogP contribution in [0.15, 0.2) is 24.3 Å². The van der Waals surface area contributed by atoms with Crippen molar-refractivity contribution in [3.8, 4) is 5.75 Å². The number of nitrogens with one attached hydrogen (secondary N) is 1. The van der Waals surface area contributed by atoms with E-state index in [1.165, 1.54) is 0 Å². The number of amides is 1. The average molecular weight is 221 g/mol. The molecule has 0 aliphatic heterocycles. The Kier molecular flexibility index (Phi) is 4.83. The minimum Gasteiger partial charge on any atom is -0.508 e. The summed E-state index contributed by atoms with van der Waals surface area (Å²) in [6.45, 7) is 4.02. The molecule has 0 aliphatic rings. The van der Waals surface area contributed by atoms with Crippen molar-refractivity contribution in [2.24, 2.45) is 0 Å². The molecule has 0 spiro atoms. The number of phenols is 1. The van der Waals surface area contributed by atoms with E-state index in [9.17, 15) is 9.90 Å². The van der Waals surface area contributed by atoms with Gasteiger partial charge in [0, 0.05) is 12.5 Å². The zero-order chi connectivity index (χ0) is 12.0. The number of hydrogen-bond acceptors (Lipinski definition) is 2. The third-order valence-corrected chi connectivity index (χ3v) is 2.63. The largest absolute Gasteiger partial charge is 0.508 e. The lowest BCUT2D eigenvalue weighted by Crippen LogP contribution is -2.31. The van der Waals surface area contributed by atoms with Crippen LogP contribution in [0.25, 0.3) is 0 Å². The minimum absolute atomic E-state index is 0.0394. The number of aromatic hydroxyl groups is 1. The van der Waals surface area contributed by atoms with Gasteiger partial charge in [-0.2, -0.15) is 0 Å². The second kappa shape index (κ2) is 6.16. The van der Waals surface area contributed by atoms with Crippen molar-refractivity contribution in [2.75, 3.05) is 0 Å². The van der Waals surface area contributed by atoms with Crippen molar-refractivity contribution in [1.29, 1.82) is 0 Å². The van der Waals surface area contributed by atoms with E-state index in [0.717, 1.165) is 12.0 Å². The first-order chi connectivity index (χ1) is 7.63. The van der Waals surface area contributed by atoms with E-state index in [-0.39, 0.29) is 17.7 Å². The Morgan fingerprint density at radius 1 is 1.44 bits per heavy atom. The first-order valence-electron chi connectivity index (χ1n) is 5.69. The van der Waals surface area contributed by atoms with Crippen LogP contribution in [0.3, 0.4) is 0 Å². The molecule has 0 saturated heterocycles. The Labute approximate surface area is 96.5 Å². The van der Waals surface area contributed by atoms with Crippen LogP contribution in [0.2, 0.25) is 0 Å². The fourth-order valence-corrected chi connectivity index (χ4v) is 1.42. The number of rotatable bonds is 5. The van der Waals surface area contributed by atoms with Crippen molar-refractivity contribution in [2.45, 2.75) is 39.2 Å². The van der Waals surface area contributed by atoms with Crippen LogP contribution in [0.5, 0.6) is 5.75 Å². The molecule has 1 aromatic carbocycles. The fourth-order valence-electron chi connectivity index (χ4n) is 1.42. The topological polar surface area (TPSA) is 49.3 Å². The molecule has 3 heteroatoms. The summed E-state index contributed by atoms with van der Waals surface area (Å²) >= 11 is 0. The molecule has 0 bridgehead atoms. The number of carbonyl (C=O) groups is 1. The van der Waals surface area contributed by atoms with Crippen LogP contribution in [0, 0.1) is 0 Å². The smallest absolute Gasteiger partial charge is 0.220 e. The van der Waals surface area contributed by atoms with Crippen molar-refractivity contribution in [3.05, 3.63) is 29.8 Å². The zero-order valence-corrected chi connectivity index (χ0v) is 9.86. The molecule has 1 atom stereocenters. The third-order valence-electron chi connectivity index (χ3n) is 2.63. The lowest BCUT2D eigenvalue weighted by molar-refractivity contribution is -0.121. The van der Waals surface area contributed by atoms with Gasteiger partial charge in [0.2, 0.25) is 5.91 Å². The van der Waals surface area contributed by atoms with Gasteiger partial charge in [0.1, 0.15) is 5.75 Å². The highest BCUT2D eigenvalue weighted by molar-refractivity contribution is 5.76. The number of phenolic OH excluding ortho intramolecular Hbond substituents is 1. The molecule has 1 amide bonds. The molecule has 3 nitrogen and oxygen atoms in total. The SMILES string of the molecule is CCC(C)NC(=O)CCc1ccccc1O. The van der Waals surface area contributed by atoms with E-state index in [0.29, 0.717) is 12.8 Å². The maximum atomic E-state index is 11.5. The molecule has 88 valence electrons. The van der Waals surface area contributed by atoms with Crippen molar-refractivity contribution in [1.82, 2.24) is 5.32 Å². The van der Waals surface area contributed by atoms with Gasteiger partial charge in [-0.15, -0.1) is 0 Å². The highest BCUT2D eigenvalue weighted by Crippen LogP contribution is 2.17. The second-order valence-corrected chi connectivity index (χ2v) is 4.01. The van der Waals surface area contributed by atoms with Gasteiger partial charge in [0.15, 0.2) is 0 Å². The first kappa shape index (κ1) is 12.6. The molecular weight excluding hydrogens is 202 g/mol. The molecule has 0 saturated carbocycles. The van der Waals surface area contributed by atoms with Crippen LogP contribution < -0.4 is 5.32 Å². The number of aryl methyl sites for hydroxylation is 1. The predicted molar refractivity (Wildman–Crippen MR) is 64.3 cm³/mol. The Morgan fingerprint density at radius 3 is 2.75 bits per heavy atom. The fraction of sp³-hybridized carbons (Fsp3) is 0.462. The number of para-hydroxylation sites is 1. The third kappa shape index (κ3) is 3.93. The summed E-state index contributed by atoms with van der Waals surface area (Å²) in [6.07, 6.45) is 1.93. The molecule has 2 N–H and O–H groups in total. The van der Waals surface area contributed by atoms with Crippen LogP contribution in [0.1, 0.15) is 32.3 Å². The molecule has 0 aromatic heterocycles. The Morgan fingerprint density at radius 2 is 2.12 bits per heavy atom. The standard InChI is InChI=1S/C13H19NO2/c1-3-10(2)14-13(16)9-8-11-6-4-5-7-12(11)15/h4-7,10,15H,3,8-9H2,1-2H3,(H,14,16). The van der Waals surface area contributed by atoms with Crippen molar-refractivity contribution >= 4 is 5.91 Å². The molecule has 1 rings (SSSR count). The average Bonchev–Trinajstić information content (AvgIpc) is 2.28. The van der Waals surface area contributed by atoms with E-state index < -0.39 is 0 Å².